The zero-order valence-corrected chi connectivity index (χ0v) is 66.9. The lowest BCUT2D eigenvalue weighted by molar-refractivity contribution is -0.141. The van der Waals surface area contributed by atoms with Gasteiger partial charge in [0.15, 0.2) is 0 Å². The molecular weight excluding hydrogens is 1400 g/mol. The largest absolute Gasteiger partial charge is 0.481 e. The maximum Gasteiger partial charge on any atom is 0.417 e. The van der Waals surface area contributed by atoms with Gasteiger partial charge in [0.25, 0.3) is 5.91 Å². The summed E-state index contributed by atoms with van der Waals surface area (Å²) < 4.78 is 26.0. The Hall–Kier alpha value is -8.73. The zero-order valence-electron chi connectivity index (χ0n) is 66.9. The highest BCUT2D eigenvalue weighted by atomic mass is 16.6. The third kappa shape index (κ3) is 29.2. The third-order valence-corrected chi connectivity index (χ3v) is 22.6. The summed E-state index contributed by atoms with van der Waals surface area (Å²) >= 11 is 0. The molecule has 5 aliphatic carbocycles. The Balaban J connectivity index is 0.000000197. The van der Waals surface area contributed by atoms with Gasteiger partial charge >= 0.3 is 42.4 Å². The van der Waals surface area contributed by atoms with E-state index in [1.54, 1.807) is 41.5 Å². The highest BCUT2D eigenvalue weighted by Crippen LogP contribution is 2.38. The molecule has 3 aromatic carbocycles. The van der Waals surface area contributed by atoms with Crippen molar-refractivity contribution in [2.24, 2.45) is 64.3 Å². The maximum absolute atomic E-state index is 13.6. The van der Waals surface area contributed by atoms with E-state index in [4.69, 9.17) is 34.3 Å². The van der Waals surface area contributed by atoms with Crippen LogP contribution in [0, 0.1) is 59.2 Å². The molecule has 0 spiro atoms. The van der Waals surface area contributed by atoms with Crippen LogP contribution in [0.15, 0.2) is 96.1 Å². The number of benzene rings is 3. The molecule has 25 nitrogen and oxygen atoms in total. The van der Waals surface area contributed by atoms with Crippen LogP contribution in [-0.4, -0.2) is 152 Å². The highest BCUT2D eigenvalue weighted by molar-refractivity contribution is 5.98. The first kappa shape index (κ1) is 88.5. The molecule has 3 aromatic rings. The van der Waals surface area contributed by atoms with E-state index >= 15 is 0 Å². The smallest absolute Gasteiger partial charge is 0.417 e. The molecule has 0 radical (unpaired) electrons. The van der Waals surface area contributed by atoms with E-state index in [9.17, 15) is 53.1 Å². The summed E-state index contributed by atoms with van der Waals surface area (Å²) in [6, 6.07) is 25.9. The van der Waals surface area contributed by atoms with Gasteiger partial charge < -0.3 is 44.5 Å². The van der Waals surface area contributed by atoms with Crippen molar-refractivity contribution in [2.45, 2.75) is 284 Å². The molecule has 0 bridgehead atoms. The van der Waals surface area contributed by atoms with Gasteiger partial charge in [-0.1, -0.05) is 195 Å². The molecule has 8 amide bonds. The summed E-state index contributed by atoms with van der Waals surface area (Å²) in [6.45, 7) is 22.3. The molecule has 0 unspecified atom stereocenters. The van der Waals surface area contributed by atoms with Crippen LogP contribution >= 0.6 is 0 Å². The van der Waals surface area contributed by atoms with Crippen LogP contribution in [0.3, 0.4) is 0 Å². The summed E-state index contributed by atoms with van der Waals surface area (Å²) in [7, 11) is 0. The minimum absolute atomic E-state index is 0.00113. The summed E-state index contributed by atoms with van der Waals surface area (Å²) in [6.07, 6.45) is 19.8. The molecule has 6 atom stereocenters. The van der Waals surface area contributed by atoms with Crippen molar-refractivity contribution in [1.29, 1.82) is 0 Å². The Morgan fingerprint density at radius 3 is 1.11 bits per heavy atom. The van der Waals surface area contributed by atoms with Gasteiger partial charge in [-0.3, -0.25) is 19.2 Å². The maximum atomic E-state index is 13.6. The molecule has 11 rings (SSSR count). The molecule has 4 N–H and O–H groups in total. The molecule has 8 fully saturated rings. The molecule has 110 heavy (non-hydrogen) atoms. The topological polar surface area (TPSA) is 340 Å². The second-order valence-electron chi connectivity index (χ2n) is 34.3. The molecule has 606 valence electrons. The SMILES string of the molecule is CC1CCC(CC(=O)N2C(=O)OC[C@@H]2Cc2ccccc2)CC1.CC1CCC(CC(=O)O)CC1.CC1CCC([C@H](N=[N+]=[N-])C(=O)N2C(=O)OC[C@@H]2Cc2ccccc2)CC1.CC1CCC([C@H](NC(=O)OC(C)(C)C)C(=O)N2C(=O)OC[C@@H]2Cc2ccccc2)CC1.CC1CCC([C@H](NC(=O)OC(C)(C)C)C(=O)O)CC1. The van der Waals surface area contributed by atoms with Gasteiger partial charge in [0.1, 0.15) is 49.1 Å². The van der Waals surface area contributed by atoms with Crippen molar-refractivity contribution in [3.05, 3.63) is 118 Å². The molecule has 5 saturated carbocycles. The van der Waals surface area contributed by atoms with Gasteiger partial charge in [0.05, 0.1) is 18.1 Å². The van der Waals surface area contributed by atoms with Crippen molar-refractivity contribution in [3.63, 3.8) is 0 Å². The van der Waals surface area contributed by atoms with E-state index in [0.717, 1.165) is 131 Å². The number of ether oxygens (including phenoxy) is 5. The number of carbonyl (C=O) groups excluding carboxylic acids is 8. The number of hydrogen-bond acceptors (Lipinski definition) is 16. The summed E-state index contributed by atoms with van der Waals surface area (Å²) in [5.74, 6) is 1.77. The van der Waals surface area contributed by atoms with Crippen LogP contribution in [0.5, 0.6) is 0 Å². The van der Waals surface area contributed by atoms with Gasteiger partial charge in [-0.05, 0) is 206 Å². The lowest BCUT2D eigenvalue weighted by atomic mass is 9.78. The number of nitrogens with one attached hydrogen (secondary N) is 2. The van der Waals surface area contributed by atoms with Crippen LogP contribution in [0.1, 0.15) is 234 Å². The number of nitrogens with zero attached hydrogens (tertiary/aromatic N) is 6. The van der Waals surface area contributed by atoms with Crippen molar-refractivity contribution in [3.8, 4) is 0 Å². The number of rotatable bonds is 19. The van der Waals surface area contributed by atoms with E-state index in [-0.39, 0.29) is 49.0 Å². The van der Waals surface area contributed by atoms with E-state index in [1.807, 2.05) is 91.0 Å². The number of carboxylic acid groups (broad SMARTS) is 2. The highest BCUT2D eigenvalue weighted by Gasteiger charge is 2.47. The lowest BCUT2D eigenvalue weighted by Crippen LogP contribution is -2.56. The second-order valence-corrected chi connectivity index (χ2v) is 34.3. The minimum Gasteiger partial charge on any atom is -0.481 e. The second kappa shape index (κ2) is 43.2. The number of aliphatic carboxylic acids is 2. The van der Waals surface area contributed by atoms with Gasteiger partial charge in [0, 0.05) is 17.8 Å². The quantitative estimate of drug-likeness (QED) is 0.0375. The van der Waals surface area contributed by atoms with Crippen molar-refractivity contribution in [1.82, 2.24) is 25.3 Å². The van der Waals surface area contributed by atoms with Crippen LogP contribution in [0.4, 0.5) is 24.0 Å². The summed E-state index contributed by atoms with van der Waals surface area (Å²) in [5.41, 5.74) is 10.8. The normalized spacial score (nSPS) is 26.7. The van der Waals surface area contributed by atoms with Gasteiger partial charge in [0.2, 0.25) is 11.8 Å². The van der Waals surface area contributed by atoms with Crippen molar-refractivity contribution < 1.29 is 81.8 Å². The molecule has 3 aliphatic heterocycles. The van der Waals surface area contributed by atoms with Gasteiger partial charge in [-0.2, -0.15) is 0 Å². The first-order chi connectivity index (χ1) is 52.2. The number of carboxylic acids is 2. The Labute approximate surface area is 650 Å². The van der Waals surface area contributed by atoms with Crippen LogP contribution in [0.2, 0.25) is 0 Å². The number of amides is 8. The minimum atomic E-state index is -0.981. The number of hydrogen-bond donors (Lipinski definition) is 4. The predicted molar refractivity (Wildman–Crippen MR) is 416 cm³/mol. The van der Waals surface area contributed by atoms with E-state index in [2.05, 4.69) is 55.3 Å². The molecular formula is C85H124N8O17. The Morgan fingerprint density at radius 2 is 0.764 bits per heavy atom. The van der Waals surface area contributed by atoms with Crippen LogP contribution in [-0.2, 0) is 66.9 Å². The number of imide groups is 3. The Morgan fingerprint density at radius 1 is 0.455 bits per heavy atom. The number of alkyl carbamates (subject to hydrolysis) is 2. The number of azide groups is 1. The number of carbonyl (C=O) groups is 10. The molecule has 3 saturated heterocycles. The van der Waals surface area contributed by atoms with Gasteiger partial charge in [-0.25, -0.2) is 43.5 Å². The van der Waals surface area contributed by atoms with E-state index in [0.29, 0.717) is 68.3 Å². The third-order valence-electron chi connectivity index (χ3n) is 22.6. The van der Waals surface area contributed by atoms with Crippen LogP contribution in [0.25, 0.3) is 10.4 Å². The lowest BCUT2D eigenvalue weighted by Gasteiger charge is -2.35. The average molecular weight is 1530 g/mol. The molecule has 25 heteroatoms. The monoisotopic (exact) mass is 1530 g/mol. The first-order valence-corrected chi connectivity index (χ1v) is 40.3. The molecule has 8 aliphatic rings. The van der Waals surface area contributed by atoms with E-state index < -0.39 is 89.6 Å². The fourth-order valence-electron chi connectivity index (χ4n) is 16.2. The van der Waals surface area contributed by atoms with Crippen LogP contribution < -0.4 is 10.6 Å². The van der Waals surface area contributed by atoms with E-state index in [1.165, 1.54) is 40.4 Å². The fraction of sp³-hybridized carbons (Fsp3) is 0.671. The first-order valence-electron chi connectivity index (χ1n) is 40.3. The van der Waals surface area contributed by atoms with Crippen molar-refractivity contribution in [2.75, 3.05) is 19.8 Å². The zero-order chi connectivity index (χ0) is 80.2. The van der Waals surface area contributed by atoms with Gasteiger partial charge in [-0.15, -0.1) is 0 Å². The fourth-order valence-corrected chi connectivity index (χ4v) is 16.2. The Kier molecular flexibility index (Phi) is 34.7. The van der Waals surface area contributed by atoms with Crippen molar-refractivity contribution >= 4 is 60.1 Å². The standard InChI is InChI=1S/C24H34N2O5.C19H24N4O3.C19H25NO3.C14H25NO4.C9H16O2/c1-16-10-12-18(13-11-16)20(25-22(28)31-24(2,3)4)21(27)26-19(15-30-23(26)29)14-17-8-6-5-7-9-17;1-13-7-9-15(10-8-13)17(21-22-20)18(24)23-16(12-26-19(23)25)11-14-5-3-2-4-6-14;1-14-7-9-16(10-8-14)12-18(21)20-17(13-23-19(20)22)11-15-5-3-2-4-6-15;1-9-5-7-10(8-6-9)11(12(16)17)15-13(18)19-14(2,3)4;1-7-2-4-8(5-3-7)6-9(10)11/h5-9,16,18-20H,10-15H2,1-4H3,(H,25,28);2-6,13,15-17H,7-12H2,1H3;2-6,14,16-17H,7-13H2,1H3;9-11H,5-8H2,1-4H3,(H,15,18)(H,16,17);7-8H,2-6H2,1H3,(H,10,11)/t16?,18?,19-,20-;13?,15?,16-,17-;14?,16?,17-;9?,10?,11-;/m0000./s1. The Bertz CT molecular complexity index is 3490. The summed E-state index contributed by atoms with van der Waals surface area (Å²) in [5, 5.41) is 26.9. The summed E-state index contributed by atoms with van der Waals surface area (Å²) in [4.78, 5) is 129. The predicted octanol–water partition coefficient (Wildman–Crippen LogP) is 17.2. The number of cyclic esters (lactones) is 3. The molecule has 3 heterocycles. The molecule has 0 aromatic heterocycles. The average Bonchev–Trinajstić information content (AvgIpc) is 1.62.